The predicted octanol–water partition coefficient (Wildman–Crippen LogP) is 4.40. The van der Waals surface area contributed by atoms with E-state index in [0.29, 0.717) is 31.9 Å². The van der Waals surface area contributed by atoms with Crippen molar-refractivity contribution in [2.45, 2.75) is 13.8 Å². The van der Waals surface area contributed by atoms with E-state index in [0.717, 1.165) is 33.6 Å². The maximum absolute atomic E-state index is 12.8. The lowest BCUT2D eigenvalue weighted by atomic mass is 10.0. The summed E-state index contributed by atoms with van der Waals surface area (Å²) in [5, 5.41) is 3.30. The van der Waals surface area contributed by atoms with E-state index in [4.69, 9.17) is 4.74 Å². The van der Waals surface area contributed by atoms with Crippen LogP contribution in [-0.4, -0.2) is 47.1 Å². The Labute approximate surface area is 182 Å². The average molecular weight is 415 g/mol. The van der Waals surface area contributed by atoms with Gasteiger partial charge in [-0.1, -0.05) is 12.1 Å². The third kappa shape index (κ3) is 4.98. The number of hydrogen-bond donors (Lipinski definition) is 1. The number of pyridine rings is 2. The summed E-state index contributed by atoms with van der Waals surface area (Å²) in [7, 11) is 0. The SMILES string of the molecule is C/C(=C\Nc1ncc(-c2cccc(C(=O)N3CCOCC3)c2)cc1C)c1ccncc1. The number of amides is 1. The quantitative estimate of drug-likeness (QED) is 0.670. The second-order valence-corrected chi connectivity index (χ2v) is 7.58. The van der Waals surface area contributed by atoms with Crippen molar-refractivity contribution in [3.05, 3.63) is 83.9 Å². The van der Waals surface area contributed by atoms with Crippen LogP contribution < -0.4 is 5.32 Å². The fourth-order valence-corrected chi connectivity index (χ4v) is 3.54. The second kappa shape index (κ2) is 9.53. The molecule has 1 aliphatic rings. The van der Waals surface area contributed by atoms with E-state index in [1.54, 1.807) is 12.4 Å². The van der Waals surface area contributed by atoms with Gasteiger partial charge < -0.3 is 15.0 Å². The van der Waals surface area contributed by atoms with Gasteiger partial charge in [0.15, 0.2) is 0 Å². The Morgan fingerprint density at radius 1 is 1.06 bits per heavy atom. The molecule has 1 aliphatic heterocycles. The molecule has 6 heteroatoms. The van der Waals surface area contributed by atoms with E-state index < -0.39 is 0 Å². The molecule has 31 heavy (non-hydrogen) atoms. The van der Waals surface area contributed by atoms with E-state index >= 15 is 0 Å². The fourth-order valence-electron chi connectivity index (χ4n) is 3.54. The van der Waals surface area contributed by atoms with Crippen LogP contribution in [0.4, 0.5) is 5.82 Å². The molecule has 1 N–H and O–H groups in total. The van der Waals surface area contributed by atoms with Crippen LogP contribution in [0.1, 0.15) is 28.4 Å². The maximum atomic E-state index is 12.8. The summed E-state index contributed by atoms with van der Waals surface area (Å²) < 4.78 is 5.35. The summed E-state index contributed by atoms with van der Waals surface area (Å²) in [5.41, 5.74) is 5.89. The number of carbonyl (C=O) groups excluding carboxylic acids is 1. The number of allylic oxidation sites excluding steroid dienone is 1. The van der Waals surface area contributed by atoms with Gasteiger partial charge in [0, 0.05) is 49.0 Å². The molecule has 1 amide bonds. The lowest BCUT2D eigenvalue weighted by Gasteiger charge is -2.27. The molecule has 1 saturated heterocycles. The number of anilines is 1. The lowest BCUT2D eigenvalue weighted by Crippen LogP contribution is -2.40. The topological polar surface area (TPSA) is 67.4 Å². The number of aryl methyl sites for hydroxylation is 1. The molecule has 0 atom stereocenters. The third-order valence-corrected chi connectivity index (χ3v) is 5.38. The first-order chi connectivity index (χ1) is 15.1. The van der Waals surface area contributed by atoms with Crippen molar-refractivity contribution in [3.63, 3.8) is 0 Å². The fraction of sp³-hybridized carbons (Fsp3) is 0.240. The van der Waals surface area contributed by atoms with Gasteiger partial charge in [0.25, 0.3) is 5.91 Å². The Kier molecular flexibility index (Phi) is 6.38. The van der Waals surface area contributed by atoms with E-state index in [1.165, 1.54) is 0 Å². The largest absolute Gasteiger partial charge is 0.378 e. The molecule has 0 saturated carbocycles. The molecule has 1 aromatic carbocycles. The van der Waals surface area contributed by atoms with Crippen LogP contribution in [0.2, 0.25) is 0 Å². The molecule has 6 nitrogen and oxygen atoms in total. The van der Waals surface area contributed by atoms with Crippen molar-refractivity contribution in [3.8, 4) is 11.1 Å². The second-order valence-electron chi connectivity index (χ2n) is 7.58. The number of aromatic nitrogens is 2. The zero-order valence-corrected chi connectivity index (χ0v) is 17.8. The number of ether oxygens (including phenoxy) is 1. The summed E-state index contributed by atoms with van der Waals surface area (Å²) in [6.45, 7) is 6.53. The molecule has 0 unspecified atom stereocenters. The Balaban J connectivity index is 1.51. The Bertz CT molecular complexity index is 1090. The zero-order chi connectivity index (χ0) is 21.6. The highest BCUT2D eigenvalue weighted by Crippen LogP contribution is 2.25. The van der Waals surface area contributed by atoms with Crippen molar-refractivity contribution in [2.24, 2.45) is 0 Å². The number of benzene rings is 1. The summed E-state index contributed by atoms with van der Waals surface area (Å²) in [6.07, 6.45) is 7.35. The van der Waals surface area contributed by atoms with Gasteiger partial charge in [-0.05, 0) is 66.4 Å². The molecular formula is C25H26N4O2. The number of rotatable bonds is 5. The van der Waals surface area contributed by atoms with Crippen LogP contribution in [0.25, 0.3) is 16.7 Å². The monoisotopic (exact) mass is 414 g/mol. The number of nitrogens with zero attached hydrogens (tertiary/aromatic N) is 3. The molecule has 1 fully saturated rings. The van der Waals surface area contributed by atoms with Gasteiger partial charge in [0.2, 0.25) is 0 Å². The number of carbonyl (C=O) groups is 1. The standard InChI is InChI=1S/C25H26N4O2/c1-18-14-23(17-28-24(18)27-16-19(2)20-6-8-26-9-7-20)21-4-3-5-22(15-21)25(30)29-10-12-31-13-11-29/h3-9,14-17H,10-13H2,1-2H3,(H,27,28)/b19-16+. The number of nitrogens with one attached hydrogen (secondary N) is 1. The summed E-state index contributed by atoms with van der Waals surface area (Å²) >= 11 is 0. The van der Waals surface area contributed by atoms with E-state index in [1.807, 2.05) is 67.5 Å². The number of morpholine rings is 1. The maximum Gasteiger partial charge on any atom is 0.254 e. The first kappa shape index (κ1) is 20.8. The van der Waals surface area contributed by atoms with Gasteiger partial charge in [0.1, 0.15) is 5.82 Å². The van der Waals surface area contributed by atoms with Crippen LogP contribution >= 0.6 is 0 Å². The number of hydrogen-bond acceptors (Lipinski definition) is 5. The highest BCUT2D eigenvalue weighted by atomic mass is 16.5. The van der Waals surface area contributed by atoms with Crippen LogP contribution in [0.15, 0.2) is 67.3 Å². The Morgan fingerprint density at radius 2 is 1.84 bits per heavy atom. The Hall–Kier alpha value is -3.51. The van der Waals surface area contributed by atoms with Crippen molar-refractivity contribution in [2.75, 3.05) is 31.6 Å². The van der Waals surface area contributed by atoms with Gasteiger partial charge in [-0.2, -0.15) is 0 Å². The average Bonchev–Trinajstić information content (AvgIpc) is 2.83. The lowest BCUT2D eigenvalue weighted by molar-refractivity contribution is 0.0303. The van der Waals surface area contributed by atoms with Crippen LogP contribution in [0, 0.1) is 6.92 Å². The first-order valence-corrected chi connectivity index (χ1v) is 10.4. The first-order valence-electron chi connectivity index (χ1n) is 10.4. The summed E-state index contributed by atoms with van der Waals surface area (Å²) in [4.78, 5) is 23.3. The highest BCUT2D eigenvalue weighted by Gasteiger charge is 2.18. The molecule has 2 aromatic heterocycles. The normalized spacial score (nSPS) is 14.4. The molecule has 4 rings (SSSR count). The highest BCUT2D eigenvalue weighted by molar-refractivity contribution is 5.95. The van der Waals surface area contributed by atoms with Gasteiger partial charge >= 0.3 is 0 Å². The molecule has 0 bridgehead atoms. The van der Waals surface area contributed by atoms with Gasteiger partial charge in [-0.15, -0.1) is 0 Å². The minimum atomic E-state index is 0.0462. The van der Waals surface area contributed by atoms with Crippen LogP contribution in [-0.2, 0) is 4.74 Å². The van der Waals surface area contributed by atoms with E-state index in [9.17, 15) is 4.79 Å². The van der Waals surface area contributed by atoms with Gasteiger partial charge in [-0.25, -0.2) is 4.98 Å². The van der Waals surface area contributed by atoms with Crippen LogP contribution in [0.3, 0.4) is 0 Å². The molecule has 3 heterocycles. The van der Waals surface area contributed by atoms with Crippen molar-refractivity contribution < 1.29 is 9.53 Å². The summed E-state index contributed by atoms with van der Waals surface area (Å²) in [5.74, 6) is 0.850. The van der Waals surface area contributed by atoms with Crippen molar-refractivity contribution in [1.82, 2.24) is 14.9 Å². The Morgan fingerprint density at radius 3 is 2.58 bits per heavy atom. The smallest absolute Gasteiger partial charge is 0.254 e. The minimum absolute atomic E-state index is 0.0462. The molecule has 3 aromatic rings. The molecule has 158 valence electrons. The van der Waals surface area contributed by atoms with E-state index in [-0.39, 0.29) is 5.91 Å². The van der Waals surface area contributed by atoms with Crippen molar-refractivity contribution in [1.29, 1.82) is 0 Å². The van der Waals surface area contributed by atoms with Gasteiger partial charge in [-0.3, -0.25) is 9.78 Å². The molecule has 0 aliphatic carbocycles. The third-order valence-electron chi connectivity index (χ3n) is 5.38. The van der Waals surface area contributed by atoms with E-state index in [2.05, 4.69) is 21.4 Å². The minimum Gasteiger partial charge on any atom is -0.378 e. The predicted molar refractivity (Wildman–Crippen MR) is 123 cm³/mol. The molecule has 0 radical (unpaired) electrons. The zero-order valence-electron chi connectivity index (χ0n) is 17.8. The van der Waals surface area contributed by atoms with Gasteiger partial charge in [0.05, 0.1) is 13.2 Å². The molecular weight excluding hydrogens is 388 g/mol. The summed E-state index contributed by atoms with van der Waals surface area (Å²) in [6, 6.07) is 13.8. The van der Waals surface area contributed by atoms with Crippen LogP contribution in [0.5, 0.6) is 0 Å². The van der Waals surface area contributed by atoms with Crippen molar-refractivity contribution >= 4 is 17.3 Å². The molecule has 0 spiro atoms.